The van der Waals surface area contributed by atoms with E-state index in [0.29, 0.717) is 5.17 Å². The summed E-state index contributed by atoms with van der Waals surface area (Å²) in [5.41, 5.74) is 3.81. The van der Waals surface area contributed by atoms with Crippen molar-refractivity contribution >= 4 is 40.6 Å². The Bertz CT molecular complexity index is 909. The second-order valence-corrected chi connectivity index (χ2v) is 7.35. The average molecular weight is 380 g/mol. The molecule has 0 aromatic heterocycles. The van der Waals surface area contributed by atoms with Gasteiger partial charge < -0.3 is 10.6 Å². The van der Waals surface area contributed by atoms with Crippen molar-refractivity contribution < 1.29 is 9.59 Å². The van der Waals surface area contributed by atoms with Crippen molar-refractivity contribution in [1.29, 1.82) is 0 Å². The third kappa shape index (κ3) is 5.04. The monoisotopic (exact) mass is 380 g/mol. The molecule has 3 rings (SSSR count). The van der Waals surface area contributed by atoms with E-state index >= 15 is 0 Å². The number of carbonyl (C=O) groups excluding carboxylic acids is 2. The number of amidine groups is 1. The number of rotatable bonds is 5. The number of thioether (sulfide) groups is 1. The molecule has 27 heavy (non-hydrogen) atoms. The maximum Gasteiger partial charge on any atom is 0.240 e. The fourth-order valence-corrected chi connectivity index (χ4v) is 3.45. The van der Waals surface area contributed by atoms with Crippen LogP contribution in [0.15, 0.2) is 58.7 Å². The van der Waals surface area contributed by atoms with E-state index in [-0.39, 0.29) is 18.2 Å². The summed E-state index contributed by atoms with van der Waals surface area (Å²) in [6.45, 7) is 3.95. The number of amides is 2. The Labute approximate surface area is 162 Å². The molecule has 0 spiro atoms. The van der Waals surface area contributed by atoms with Crippen molar-refractivity contribution in [3.8, 4) is 0 Å². The normalized spacial score (nSPS) is 18.1. The van der Waals surface area contributed by atoms with E-state index in [9.17, 15) is 9.59 Å². The van der Waals surface area contributed by atoms with Crippen LogP contribution in [0.25, 0.3) is 0 Å². The summed E-state index contributed by atoms with van der Waals surface area (Å²) < 4.78 is 0. The van der Waals surface area contributed by atoms with E-state index in [2.05, 4.69) is 20.8 Å². The van der Waals surface area contributed by atoms with E-state index in [1.54, 1.807) is 6.21 Å². The number of hydrogen-bond donors (Lipinski definition) is 2. The Kier molecular flexibility index (Phi) is 6.03. The first-order valence-corrected chi connectivity index (χ1v) is 9.40. The fraction of sp³-hybridized carbons (Fsp3) is 0.200. The smallest absolute Gasteiger partial charge is 0.240 e. The van der Waals surface area contributed by atoms with Gasteiger partial charge in [0.15, 0.2) is 5.17 Å². The van der Waals surface area contributed by atoms with E-state index in [1.807, 2.05) is 62.4 Å². The first kappa shape index (κ1) is 18.8. The lowest BCUT2D eigenvalue weighted by molar-refractivity contribution is -0.122. The van der Waals surface area contributed by atoms with Gasteiger partial charge in [-0.05, 0) is 36.6 Å². The molecule has 0 bridgehead atoms. The minimum atomic E-state index is -0.513. The molecule has 1 aliphatic rings. The van der Waals surface area contributed by atoms with Crippen LogP contribution in [0.2, 0.25) is 0 Å². The zero-order valence-electron chi connectivity index (χ0n) is 15.1. The lowest BCUT2D eigenvalue weighted by Crippen LogP contribution is -2.28. The first-order chi connectivity index (χ1) is 13.0. The molecule has 1 heterocycles. The zero-order chi connectivity index (χ0) is 19.2. The molecule has 1 fully saturated rings. The van der Waals surface area contributed by atoms with Crippen LogP contribution in [-0.2, 0) is 9.59 Å². The molecular formula is C20H20N4O2S. The largest absolute Gasteiger partial charge is 0.326 e. The first-order valence-electron chi connectivity index (χ1n) is 8.52. The lowest BCUT2D eigenvalue weighted by atomic mass is 10.1. The molecule has 2 aromatic carbocycles. The number of anilines is 1. The van der Waals surface area contributed by atoms with E-state index in [4.69, 9.17) is 0 Å². The Morgan fingerprint density at radius 2 is 1.96 bits per heavy atom. The second-order valence-electron chi connectivity index (χ2n) is 6.16. The molecule has 1 atom stereocenters. The standard InChI is InChI=1S/C20H20N4O2S/c1-13-7-6-10-16(14(13)2)22-18(25)11-17-19(26)23-20(27-17)24-21-12-15-8-4-3-5-9-15/h3-10,12,17H,11H2,1-2H3,(H,22,25)(H,23,24,26)/t17-/m0/s1. The second kappa shape index (κ2) is 8.64. The van der Waals surface area contributed by atoms with Gasteiger partial charge in [0.1, 0.15) is 5.25 Å². The van der Waals surface area contributed by atoms with Crippen molar-refractivity contribution in [3.05, 3.63) is 65.2 Å². The summed E-state index contributed by atoms with van der Waals surface area (Å²) in [6.07, 6.45) is 1.69. The highest BCUT2D eigenvalue weighted by Gasteiger charge is 2.32. The number of benzene rings is 2. The SMILES string of the molecule is Cc1cccc(NC(=O)C[C@@H]2S/C(=N/N=Cc3ccccc3)NC2=O)c1C. The van der Waals surface area contributed by atoms with Gasteiger partial charge in [-0.25, -0.2) is 0 Å². The Morgan fingerprint density at radius 1 is 1.19 bits per heavy atom. The molecule has 1 aliphatic heterocycles. The van der Waals surface area contributed by atoms with E-state index in [1.165, 1.54) is 11.8 Å². The molecule has 0 radical (unpaired) electrons. The molecule has 138 valence electrons. The highest BCUT2D eigenvalue weighted by molar-refractivity contribution is 8.15. The summed E-state index contributed by atoms with van der Waals surface area (Å²) in [5.74, 6) is -0.435. The third-order valence-corrected chi connectivity index (χ3v) is 5.25. The quantitative estimate of drug-likeness (QED) is 0.617. The number of nitrogens with one attached hydrogen (secondary N) is 2. The lowest BCUT2D eigenvalue weighted by Gasteiger charge is -2.11. The summed E-state index contributed by atoms with van der Waals surface area (Å²) in [6, 6.07) is 15.3. The van der Waals surface area contributed by atoms with Crippen molar-refractivity contribution in [2.75, 3.05) is 5.32 Å². The highest BCUT2D eigenvalue weighted by atomic mass is 32.2. The van der Waals surface area contributed by atoms with Gasteiger partial charge in [0.2, 0.25) is 11.8 Å². The average Bonchev–Trinajstić information content (AvgIpc) is 2.99. The van der Waals surface area contributed by atoms with Crippen LogP contribution in [0, 0.1) is 13.8 Å². The molecule has 7 heteroatoms. The van der Waals surface area contributed by atoms with Gasteiger partial charge in [0, 0.05) is 12.1 Å². The van der Waals surface area contributed by atoms with Gasteiger partial charge in [-0.3, -0.25) is 9.59 Å². The molecular weight excluding hydrogens is 360 g/mol. The molecule has 0 unspecified atom stereocenters. The topological polar surface area (TPSA) is 82.9 Å². The number of carbonyl (C=O) groups is 2. The number of nitrogens with zero attached hydrogens (tertiary/aromatic N) is 2. The fourth-order valence-electron chi connectivity index (χ4n) is 2.53. The molecule has 1 saturated heterocycles. The maximum atomic E-state index is 12.3. The molecule has 0 aliphatic carbocycles. The van der Waals surface area contributed by atoms with E-state index in [0.717, 1.165) is 22.4 Å². The Morgan fingerprint density at radius 3 is 2.74 bits per heavy atom. The summed E-state index contributed by atoms with van der Waals surface area (Å²) in [4.78, 5) is 24.4. The van der Waals surface area contributed by atoms with Crippen molar-refractivity contribution in [2.45, 2.75) is 25.5 Å². The zero-order valence-corrected chi connectivity index (χ0v) is 15.9. The van der Waals surface area contributed by atoms with Crippen molar-refractivity contribution in [1.82, 2.24) is 5.32 Å². The van der Waals surface area contributed by atoms with Crippen LogP contribution in [0.5, 0.6) is 0 Å². The van der Waals surface area contributed by atoms with Gasteiger partial charge in [-0.1, -0.05) is 54.2 Å². The van der Waals surface area contributed by atoms with Crippen LogP contribution in [-0.4, -0.2) is 28.4 Å². The minimum Gasteiger partial charge on any atom is -0.326 e. The molecule has 2 N–H and O–H groups in total. The highest BCUT2D eigenvalue weighted by Crippen LogP contribution is 2.24. The van der Waals surface area contributed by atoms with Crippen LogP contribution in [0.1, 0.15) is 23.1 Å². The van der Waals surface area contributed by atoms with Crippen molar-refractivity contribution in [3.63, 3.8) is 0 Å². The number of aryl methyl sites for hydroxylation is 1. The molecule has 0 saturated carbocycles. The van der Waals surface area contributed by atoms with Gasteiger partial charge in [-0.15, -0.1) is 5.10 Å². The van der Waals surface area contributed by atoms with Gasteiger partial charge in [0.25, 0.3) is 0 Å². The number of hydrogen-bond acceptors (Lipinski definition) is 5. The van der Waals surface area contributed by atoms with Crippen molar-refractivity contribution in [2.24, 2.45) is 10.2 Å². The molecule has 2 aromatic rings. The Hall–Kier alpha value is -2.93. The van der Waals surface area contributed by atoms with Gasteiger partial charge in [0.05, 0.1) is 6.21 Å². The Balaban J connectivity index is 1.57. The minimum absolute atomic E-state index is 0.0747. The maximum absolute atomic E-state index is 12.3. The summed E-state index contributed by atoms with van der Waals surface area (Å²) >= 11 is 1.21. The summed E-state index contributed by atoms with van der Waals surface area (Å²) in [5, 5.41) is 13.4. The van der Waals surface area contributed by atoms with Crippen LogP contribution in [0.3, 0.4) is 0 Å². The molecule has 6 nitrogen and oxygen atoms in total. The molecule has 2 amide bonds. The van der Waals surface area contributed by atoms with Gasteiger partial charge in [-0.2, -0.15) is 5.10 Å². The predicted octanol–water partition coefficient (Wildman–Crippen LogP) is 3.25. The van der Waals surface area contributed by atoms with E-state index < -0.39 is 5.25 Å². The van der Waals surface area contributed by atoms with Crippen LogP contribution in [0.4, 0.5) is 5.69 Å². The van der Waals surface area contributed by atoms with Crippen LogP contribution >= 0.6 is 11.8 Å². The van der Waals surface area contributed by atoms with Crippen LogP contribution < -0.4 is 10.6 Å². The summed E-state index contributed by atoms with van der Waals surface area (Å²) in [7, 11) is 0. The predicted molar refractivity (Wildman–Crippen MR) is 110 cm³/mol. The third-order valence-electron chi connectivity index (χ3n) is 4.18. The van der Waals surface area contributed by atoms with Gasteiger partial charge >= 0.3 is 0 Å².